The summed E-state index contributed by atoms with van der Waals surface area (Å²) < 4.78 is 10.8. The van der Waals surface area contributed by atoms with Gasteiger partial charge in [0.2, 0.25) is 11.8 Å². The number of morpholine rings is 1. The second-order valence-electron chi connectivity index (χ2n) is 10.3. The minimum atomic E-state index is -0.551. The molecule has 0 aromatic heterocycles. The lowest BCUT2D eigenvalue weighted by Crippen LogP contribution is -2.54. The van der Waals surface area contributed by atoms with Gasteiger partial charge < -0.3 is 19.7 Å². The van der Waals surface area contributed by atoms with Gasteiger partial charge in [-0.15, -0.1) is 0 Å². The van der Waals surface area contributed by atoms with Gasteiger partial charge in [0.1, 0.15) is 0 Å². The molecule has 4 fully saturated rings. The third-order valence-corrected chi connectivity index (χ3v) is 8.22. The Morgan fingerprint density at radius 2 is 1.67 bits per heavy atom. The monoisotopic (exact) mass is 460 g/mol. The van der Waals surface area contributed by atoms with Gasteiger partial charge in [0.15, 0.2) is 0 Å². The second kappa shape index (κ2) is 11.6. The van der Waals surface area contributed by atoms with Crippen molar-refractivity contribution < 1.29 is 19.1 Å². The van der Waals surface area contributed by atoms with Crippen LogP contribution in [-0.2, 0) is 19.1 Å². The average Bonchev–Trinajstić information content (AvgIpc) is 3.33. The summed E-state index contributed by atoms with van der Waals surface area (Å²) in [5.41, 5.74) is -0.551. The maximum absolute atomic E-state index is 13.0. The summed E-state index contributed by atoms with van der Waals surface area (Å²) in [7, 11) is 0. The molecule has 3 saturated heterocycles. The van der Waals surface area contributed by atoms with E-state index in [1.54, 1.807) is 4.90 Å². The lowest BCUT2D eigenvalue weighted by molar-refractivity contribution is -0.137. The Kier molecular flexibility index (Phi) is 8.61. The maximum Gasteiger partial charge on any atom is 0.223 e. The highest BCUT2D eigenvalue weighted by molar-refractivity contribution is 5.84. The van der Waals surface area contributed by atoms with Crippen molar-refractivity contribution >= 4 is 11.8 Å². The number of likely N-dealkylation sites (tertiary alicyclic amines) is 1. The largest absolute Gasteiger partial charge is 0.381 e. The number of hydrogen-bond acceptors (Lipinski definition) is 6. The van der Waals surface area contributed by atoms with Gasteiger partial charge in [-0.25, -0.2) is 0 Å². The lowest BCUT2D eigenvalue weighted by Gasteiger charge is -2.40. The zero-order valence-electron chi connectivity index (χ0n) is 19.9. The first-order valence-electron chi connectivity index (χ1n) is 13.0. The van der Waals surface area contributed by atoms with Gasteiger partial charge in [0, 0.05) is 58.3 Å². The maximum atomic E-state index is 13.0. The van der Waals surface area contributed by atoms with E-state index in [2.05, 4.69) is 16.3 Å². The number of nitriles is 1. The van der Waals surface area contributed by atoms with Gasteiger partial charge in [0.25, 0.3) is 0 Å². The van der Waals surface area contributed by atoms with Crippen LogP contribution in [0.15, 0.2) is 0 Å². The van der Waals surface area contributed by atoms with Crippen LogP contribution in [0.25, 0.3) is 0 Å². The SMILES string of the molecule is N#CC1(C(NC(=O)CCC(=O)N2CCOCC2)C2CCCCC2)CCN(C2CCOCC2)C1. The molecule has 1 aliphatic carbocycles. The highest BCUT2D eigenvalue weighted by Gasteiger charge is 2.50. The number of amides is 2. The van der Waals surface area contributed by atoms with Crippen LogP contribution in [0.2, 0.25) is 0 Å². The quantitative estimate of drug-likeness (QED) is 0.625. The second-order valence-corrected chi connectivity index (χ2v) is 10.3. The summed E-state index contributed by atoms with van der Waals surface area (Å²) in [5.74, 6) is 0.266. The number of nitrogens with one attached hydrogen (secondary N) is 1. The van der Waals surface area contributed by atoms with Crippen LogP contribution >= 0.6 is 0 Å². The van der Waals surface area contributed by atoms with Crippen molar-refractivity contribution in [3.8, 4) is 6.07 Å². The molecule has 8 heteroatoms. The molecule has 8 nitrogen and oxygen atoms in total. The van der Waals surface area contributed by atoms with Gasteiger partial charge in [-0.2, -0.15) is 5.26 Å². The molecule has 0 spiro atoms. The molecule has 0 bridgehead atoms. The Balaban J connectivity index is 1.40. The minimum Gasteiger partial charge on any atom is -0.381 e. The van der Waals surface area contributed by atoms with E-state index >= 15 is 0 Å². The van der Waals surface area contributed by atoms with E-state index in [0.717, 1.165) is 71.2 Å². The molecule has 1 N–H and O–H groups in total. The average molecular weight is 461 g/mol. The summed E-state index contributed by atoms with van der Waals surface area (Å²) in [6.45, 7) is 5.55. The first kappa shape index (κ1) is 24.4. The molecule has 0 aromatic carbocycles. The third kappa shape index (κ3) is 6.06. The molecular weight excluding hydrogens is 420 g/mol. The zero-order valence-corrected chi connectivity index (χ0v) is 19.9. The number of carbonyl (C=O) groups is 2. The van der Waals surface area contributed by atoms with Gasteiger partial charge in [0.05, 0.1) is 30.7 Å². The molecule has 184 valence electrons. The van der Waals surface area contributed by atoms with Crippen LogP contribution in [0.1, 0.15) is 64.2 Å². The summed E-state index contributed by atoms with van der Waals surface area (Å²) in [5, 5.41) is 13.7. The molecule has 3 aliphatic heterocycles. The summed E-state index contributed by atoms with van der Waals surface area (Å²) in [4.78, 5) is 29.8. The standard InChI is InChI=1S/C25H40N4O4/c26-18-25(10-11-29(19-25)21-8-14-32-15-9-21)24(20-4-2-1-3-5-20)27-22(30)6-7-23(31)28-12-16-33-17-13-28/h20-21,24H,1-17,19H2,(H,27,30). The van der Waals surface area contributed by atoms with E-state index in [-0.39, 0.29) is 30.7 Å². The number of carbonyl (C=O) groups excluding carboxylic acids is 2. The van der Waals surface area contributed by atoms with Crippen molar-refractivity contribution in [2.75, 3.05) is 52.6 Å². The number of hydrogen-bond donors (Lipinski definition) is 1. The molecule has 2 amide bonds. The molecule has 4 rings (SSSR count). The van der Waals surface area contributed by atoms with Crippen LogP contribution in [0.3, 0.4) is 0 Å². The van der Waals surface area contributed by atoms with Gasteiger partial charge in [-0.3, -0.25) is 14.5 Å². The van der Waals surface area contributed by atoms with Gasteiger partial charge >= 0.3 is 0 Å². The third-order valence-electron chi connectivity index (χ3n) is 8.22. The Morgan fingerprint density at radius 1 is 0.970 bits per heavy atom. The van der Waals surface area contributed by atoms with E-state index in [1.165, 1.54) is 6.42 Å². The normalized spacial score (nSPS) is 28.9. The molecule has 2 atom stereocenters. The topological polar surface area (TPSA) is 94.9 Å². The molecule has 1 saturated carbocycles. The molecule has 3 heterocycles. The van der Waals surface area contributed by atoms with E-state index in [1.807, 2.05) is 0 Å². The highest BCUT2D eigenvalue weighted by Crippen LogP contribution is 2.42. The van der Waals surface area contributed by atoms with E-state index < -0.39 is 5.41 Å². The molecule has 33 heavy (non-hydrogen) atoms. The van der Waals surface area contributed by atoms with Crippen LogP contribution in [0, 0.1) is 22.7 Å². The van der Waals surface area contributed by atoms with Crippen molar-refractivity contribution in [3.05, 3.63) is 0 Å². The molecule has 2 unspecified atom stereocenters. The lowest BCUT2D eigenvalue weighted by atomic mass is 9.70. The summed E-state index contributed by atoms with van der Waals surface area (Å²) in [6, 6.07) is 3.02. The zero-order chi connectivity index (χ0) is 23.1. The molecule has 0 radical (unpaired) electrons. The van der Waals surface area contributed by atoms with E-state index in [4.69, 9.17) is 9.47 Å². The number of rotatable bonds is 7. The van der Waals surface area contributed by atoms with Crippen molar-refractivity contribution in [2.45, 2.75) is 76.3 Å². The Labute approximate surface area is 197 Å². The van der Waals surface area contributed by atoms with Gasteiger partial charge in [-0.1, -0.05) is 19.3 Å². The van der Waals surface area contributed by atoms with E-state index in [0.29, 0.717) is 38.3 Å². The fourth-order valence-electron chi connectivity index (χ4n) is 6.25. The Bertz CT molecular complexity index is 708. The van der Waals surface area contributed by atoms with Crippen molar-refractivity contribution in [1.29, 1.82) is 5.26 Å². The van der Waals surface area contributed by atoms with Crippen LogP contribution in [-0.4, -0.2) is 86.3 Å². The minimum absolute atomic E-state index is 0.0178. The highest BCUT2D eigenvalue weighted by atomic mass is 16.5. The Hall–Kier alpha value is -1.69. The van der Waals surface area contributed by atoms with Crippen molar-refractivity contribution in [3.63, 3.8) is 0 Å². The smallest absolute Gasteiger partial charge is 0.223 e. The fraction of sp³-hybridized carbons (Fsp3) is 0.880. The molecule has 0 aromatic rings. The first-order chi connectivity index (χ1) is 16.1. The first-order valence-corrected chi connectivity index (χ1v) is 13.0. The number of ether oxygens (including phenoxy) is 2. The predicted octanol–water partition coefficient (Wildman–Crippen LogP) is 2.09. The molecule has 4 aliphatic rings. The Morgan fingerprint density at radius 3 is 2.36 bits per heavy atom. The van der Waals surface area contributed by atoms with Crippen LogP contribution in [0.4, 0.5) is 0 Å². The van der Waals surface area contributed by atoms with E-state index in [9.17, 15) is 14.9 Å². The van der Waals surface area contributed by atoms with Gasteiger partial charge in [-0.05, 0) is 38.0 Å². The van der Waals surface area contributed by atoms with Crippen molar-refractivity contribution in [1.82, 2.24) is 15.1 Å². The number of nitrogens with zero attached hydrogens (tertiary/aromatic N) is 3. The fourth-order valence-corrected chi connectivity index (χ4v) is 6.25. The van der Waals surface area contributed by atoms with Crippen molar-refractivity contribution in [2.24, 2.45) is 11.3 Å². The molecular formula is C25H40N4O4. The summed E-state index contributed by atoms with van der Waals surface area (Å²) in [6.07, 6.45) is 8.94. The van der Waals surface area contributed by atoms with Crippen LogP contribution < -0.4 is 5.32 Å². The van der Waals surface area contributed by atoms with Crippen LogP contribution in [0.5, 0.6) is 0 Å². The summed E-state index contributed by atoms with van der Waals surface area (Å²) >= 11 is 0. The predicted molar refractivity (Wildman–Crippen MR) is 123 cm³/mol.